The summed E-state index contributed by atoms with van der Waals surface area (Å²) in [6, 6.07) is 5.30. The van der Waals surface area contributed by atoms with Crippen LogP contribution in [0.3, 0.4) is 0 Å². The van der Waals surface area contributed by atoms with Gasteiger partial charge in [-0.15, -0.1) is 0 Å². The van der Waals surface area contributed by atoms with Crippen LogP contribution in [-0.4, -0.2) is 17.3 Å². The summed E-state index contributed by atoms with van der Waals surface area (Å²) in [5.74, 6) is -0.0419. The summed E-state index contributed by atoms with van der Waals surface area (Å²) in [5.41, 5.74) is 1.59. The second-order valence-electron chi connectivity index (χ2n) is 4.06. The van der Waals surface area contributed by atoms with Crippen LogP contribution in [0.25, 0.3) is 0 Å². The molecule has 0 saturated carbocycles. The van der Waals surface area contributed by atoms with Crippen LogP contribution in [0.5, 0.6) is 0 Å². The lowest BCUT2D eigenvalue weighted by Crippen LogP contribution is -2.29. The van der Waals surface area contributed by atoms with E-state index in [0.29, 0.717) is 22.0 Å². The summed E-state index contributed by atoms with van der Waals surface area (Å²) < 4.78 is 0. The highest BCUT2D eigenvalue weighted by Gasteiger charge is 2.10. The summed E-state index contributed by atoms with van der Waals surface area (Å²) in [6.07, 6.45) is 2.16. The fourth-order valence-electron chi connectivity index (χ4n) is 1.60. The average molecular weight is 319 g/mol. The summed E-state index contributed by atoms with van der Waals surface area (Å²) in [4.78, 5) is 12.2. The molecule has 1 N–H and O–H groups in total. The molecule has 0 aliphatic heterocycles. The first-order chi connectivity index (χ1) is 8.04. The molecule has 0 aliphatic carbocycles. The third kappa shape index (κ3) is 4.68. The SMILES string of the molecule is CCCC(Br)CNC(=O)c1ccc(Cl)cc1C. The molecule has 0 aromatic heterocycles. The van der Waals surface area contributed by atoms with Crippen molar-refractivity contribution >= 4 is 33.4 Å². The Labute approximate surface area is 116 Å². The van der Waals surface area contributed by atoms with Crippen LogP contribution < -0.4 is 5.32 Å². The standard InChI is InChI=1S/C13H17BrClNO/c1-3-4-10(14)8-16-13(17)12-6-5-11(15)7-9(12)2/h5-7,10H,3-4,8H2,1-2H3,(H,16,17). The van der Waals surface area contributed by atoms with Gasteiger partial charge in [0.1, 0.15) is 0 Å². The Morgan fingerprint density at radius 3 is 2.82 bits per heavy atom. The lowest BCUT2D eigenvalue weighted by molar-refractivity contribution is 0.0953. The van der Waals surface area contributed by atoms with Crippen molar-refractivity contribution < 1.29 is 4.79 Å². The van der Waals surface area contributed by atoms with Gasteiger partial charge in [-0.05, 0) is 37.1 Å². The van der Waals surface area contributed by atoms with E-state index >= 15 is 0 Å². The number of alkyl halides is 1. The van der Waals surface area contributed by atoms with Gasteiger partial charge in [0.15, 0.2) is 0 Å². The van der Waals surface area contributed by atoms with E-state index in [1.165, 1.54) is 0 Å². The number of nitrogens with one attached hydrogen (secondary N) is 1. The van der Waals surface area contributed by atoms with Gasteiger partial charge in [-0.1, -0.05) is 40.9 Å². The second-order valence-corrected chi connectivity index (χ2v) is 5.79. The molecule has 0 bridgehead atoms. The maximum atomic E-state index is 11.9. The van der Waals surface area contributed by atoms with Crippen LogP contribution in [0.1, 0.15) is 35.7 Å². The van der Waals surface area contributed by atoms with Gasteiger partial charge in [-0.3, -0.25) is 4.79 Å². The third-order valence-electron chi connectivity index (χ3n) is 2.52. The molecule has 1 amide bonds. The summed E-state index contributed by atoms with van der Waals surface area (Å²) in [7, 11) is 0. The van der Waals surface area contributed by atoms with Gasteiger partial charge in [-0.2, -0.15) is 0 Å². The van der Waals surface area contributed by atoms with E-state index in [4.69, 9.17) is 11.6 Å². The lowest BCUT2D eigenvalue weighted by Gasteiger charge is -2.11. The summed E-state index contributed by atoms with van der Waals surface area (Å²) >= 11 is 9.38. The summed E-state index contributed by atoms with van der Waals surface area (Å²) in [6.45, 7) is 4.66. The van der Waals surface area contributed by atoms with Crippen molar-refractivity contribution in [3.05, 3.63) is 34.3 Å². The molecule has 94 valence electrons. The van der Waals surface area contributed by atoms with Gasteiger partial charge in [0.25, 0.3) is 5.91 Å². The molecule has 1 aromatic carbocycles. The Balaban J connectivity index is 2.58. The van der Waals surface area contributed by atoms with Crippen molar-refractivity contribution in [3.8, 4) is 0 Å². The molecule has 0 heterocycles. The molecular formula is C13H17BrClNO. The molecule has 2 nitrogen and oxygen atoms in total. The highest BCUT2D eigenvalue weighted by Crippen LogP contribution is 2.15. The normalized spacial score (nSPS) is 12.2. The molecule has 1 unspecified atom stereocenters. The van der Waals surface area contributed by atoms with Crippen molar-refractivity contribution in [2.75, 3.05) is 6.54 Å². The van der Waals surface area contributed by atoms with Crippen molar-refractivity contribution in [1.82, 2.24) is 5.32 Å². The molecule has 0 saturated heterocycles. The zero-order chi connectivity index (χ0) is 12.8. The minimum Gasteiger partial charge on any atom is -0.351 e. The quantitative estimate of drug-likeness (QED) is 0.819. The smallest absolute Gasteiger partial charge is 0.251 e. The van der Waals surface area contributed by atoms with Gasteiger partial charge in [-0.25, -0.2) is 0 Å². The average Bonchev–Trinajstić information content (AvgIpc) is 2.26. The fraction of sp³-hybridized carbons (Fsp3) is 0.462. The number of rotatable bonds is 5. The number of hydrogen-bond acceptors (Lipinski definition) is 1. The molecule has 0 fully saturated rings. The van der Waals surface area contributed by atoms with Crippen molar-refractivity contribution in [2.45, 2.75) is 31.5 Å². The first kappa shape index (κ1) is 14.5. The van der Waals surface area contributed by atoms with Crippen LogP contribution in [0, 0.1) is 6.92 Å². The van der Waals surface area contributed by atoms with Crippen molar-refractivity contribution in [1.29, 1.82) is 0 Å². The first-order valence-electron chi connectivity index (χ1n) is 5.73. The third-order valence-corrected chi connectivity index (χ3v) is 3.54. The van der Waals surface area contributed by atoms with E-state index in [1.807, 2.05) is 6.92 Å². The zero-order valence-corrected chi connectivity index (χ0v) is 12.4. The van der Waals surface area contributed by atoms with Crippen LogP contribution in [0.2, 0.25) is 5.02 Å². The summed E-state index contributed by atoms with van der Waals surface area (Å²) in [5, 5.41) is 3.57. The van der Waals surface area contributed by atoms with E-state index in [-0.39, 0.29) is 5.91 Å². The number of carbonyl (C=O) groups excluding carboxylic acids is 1. The number of halogens is 2. The molecular weight excluding hydrogens is 302 g/mol. The molecule has 1 atom stereocenters. The minimum absolute atomic E-state index is 0.0419. The molecule has 1 rings (SSSR count). The van der Waals surface area contributed by atoms with Crippen LogP contribution in [-0.2, 0) is 0 Å². The molecule has 0 spiro atoms. The Morgan fingerprint density at radius 1 is 1.53 bits per heavy atom. The minimum atomic E-state index is -0.0419. The van der Waals surface area contributed by atoms with Crippen molar-refractivity contribution in [2.24, 2.45) is 0 Å². The monoisotopic (exact) mass is 317 g/mol. The van der Waals surface area contributed by atoms with Gasteiger partial charge < -0.3 is 5.32 Å². The predicted octanol–water partition coefficient (Wildman–Crippen LogP) is 3.94. The van der Waals surface area contributed by atoms with Crippen LogP contribution in [0.4, 0.5) is 0 Å². The topological polar surface area (TPSA) is 29.1 Å². The largest absolute Gasteiger partial charge is 0.351 e. The number of hydrogen-bond donors (Lipinski definition) is 1. The zero-order valence-electron chi connectivity index (χ0n) is 10.1. The van der Waals surface area contributed by atoms with E-state index in [9.17, 15) is 4.79 Å². The first-order valence-corrected chi connectivity index (χ1v) is 7.02. The van der Waals surface area contributed by atoms with Gasteiger partial charge in [0.2, 0.25) is 0 Å². The van der Waals surface area contributed by atoms with Gasteiger partial charge in [0, 0.05) is 22.0 Å². The van der Waals surface area contributed by atoms with Gasteiger partial charge in [0.05, 0.1) is 0 Å². The second kappa shape index (κ2) is 7.02. The molecule has 0 aliphatic rings. The molecule has 17 heavy (non-hydrogen) atoms. The Morgan fingerprint density at radius 2 is 2.24 bits per heavy atom. The van der Waals surface area contributed by atoms with E-state index in [1.54, 1.807) is 18.2 Å². The number of benzene rings is 1. The maximum Gasteiger partial charge on any atom is 0.251 e. The Bertz CT molecular complexity index is 395. The highest BCUT2D eigenvalue weighted by molar-refractivity contribution is 9.09. The van der Waals surface area contributed by atoms with Gasteiger partial charge >= 0.3 is 0 Å². The molecule has 1 aromatic rings. The van der Waals surface area contributed by atoms with Crippen molar-refractivity contribution in [3.63, 3.8) is 0 Å². The predicted molar refractivity (Wildman–Crippen MR) is 76.1 cm³/mol. The molecule has 0 radical (unpaired) electrons. The fourth-order valence-corrected chi connectivity index (χ4v) is 2.44. The number of amides is 1. The number of carbonyl (C=O) groups is 1. The Kier molecular flexibility index (Phi) is 6.00. The Hall–Kier alpha value is -0.540. The maximum absolute atomic E-state index is 11.9. The van der Waals surface area contributed by atoms with E-state index < -0.39 is 0 Å². The van der Waals surface area contributed by atoms with Crippen LogP contribution >= 0.6 is 27.5 Å². The lowest BCUT2D eigenvalue weighted by atomic mass is 10.1. The van der Waals surface area contributed by atoms with E-state index in [0.717, 1.165) is 18.4 Å². The van der Waals surface area contributed by atoms with Crippen LogP contribution in [0.15, 0.2) is 18.2 Å². The molecule has 4 heteroatoms. The highest BCUT2D eigenvalue weighted by atomic mass is 79.9. The van der Waals surface area contributed by atoms with E-state index in [2.05, 4.69) is 28.2 Å². The number of aryl methyl sites for hydroxylation is 1.